The SMILES string of the molecule is CC(C)=CCC/C(C)=C/C(=O)OCC(C)(C)CO. The molecule has 0 aromatic carbocycles. The van der Waals surface area contributed by atoms with Gasteiger partial charge in [0.25, 0.3) is 0 Å². The van der Waals surface area contributed by atoms with E-state index in [1.54, 1.807) is 0 Å². The van der Waals surface area contributed by atoms with E-state index in [4.69, 9.17) is 9.84 Å². The first-order valence-electron chi connectivity index (χ1n) is 6.35. The number of hydrogen-bond acceptors (Lipinski definition) is 3. The van der Waals surface area contributed by atoms with E-state index in [9.17, 15) is 4.79 Å². The quantitative estimate of drug-likeness (QED) is 0.431. The molecule has 0 aliphatic carbocycles. The fourth-order valence-corrected chi connectivity index (χ4v) is 1.22. The summed E-state index contributed by atoms with van der Waals surface area (Å²) in [5.74, 6) is -0.328. The molecule has 0 bridgehead atoms. The molecule has 0 aliphatic rings. The van der Waals surface area contributed by atoms with Crippen molar-refractivity contribution in [2.45, 2.75) is 47.5 Å². The zero-order valence-corrected chi connectivity index (χ0v) is 12.2. The van der Waals surface area contributed by atoms with Crippen LogP contribution in [0.25, 0.3) is 0 Å². The van der Waals surface area contributed by atoms with Gasteiger partial charge in [-0.1, -0.05) is 31.1 Å². The van der Waals surface area contributed by atoms with Gasteiger partial charge in [-0.05, 0) is 33.6 Å². The lowest BCUT2D eigenvalue weighted by molar-refractivity contribution is -0.141. The van der Waals surface area contributed by atoms with Crippen molar-refractivity contribution in [2.75, 3.05) is 13.2 Å². The van der Waals surface area contributed by atoms with Crippen LogP contribution in [0.2, 0.25) is 0 Å². The Morgan fingerprint density at radius 2 is 1.89 bits per heavy atom. The van der Waals surface area contributed by atoms with Crippen molar-refractivity contribution >= 4 is 5.97 Å². The Morgan fingerprint density at radius 3 is 2.39 bits per heavy atom. The number of ether oxygens (including phenoxy) is 1. The van der Waals surface area contributed by atoms with Crippen LogP contribution in [0.4, 0.5) is 0 Å². The topological polar surface area (TPSA) is 46.5 Å². The van der Waals surface area contributed by atoms with Gasteiger partial charge in [-0.3, -0.25) is 0 Å². The Bertz CT molecular complexity index is 321. The minimum atomic E-state index is -0.376. The first kappa shape index (κ1) is 16.9. The van der Waals surface area contributed by atoms with Gasteiger partial charge in [0.2, 0.25) is 0 Å². The highest BCUT2D eigenvalue weighted by Crippen LogP contribution is 2.14. The van der Waals surface area contributed by atoms with Crippen molar-refractivity contribution in [3.05, 3.63) is 23.3 Å². The number of aliphatic hydroxyl groups excluding tert-OH is 1. The number of carbonyl (C=O) groups is 1. The van der Waals surface area contributed by atoms with E-state index in [1.165, 1.54) is 11.6 Å². The number of hydrogen-bond donors (Lipinski definition) is 1. The number of rotatable bonds is 7. The van der Waals surface area contributed by atoms with E-state index < -0.39 is 0 Å². The first-order valence-corrected chi connectivity index (χ1v) is 6.35. The highest BCUT2D eigenvalue weighted by atomic mass is 16.5. The smallest absolute Gasteiger partial charge is 0.330 e. The largest absolute Gasteiger partial charge is 0.462 e. The van der Waals surface area contributed by atoms with Gasteiger partial charge in [0.15, 0.2) is 0 Å². The van der Waals surface area contributed by atoms with Crippen LogP contribution in [0.15, 0.2) is 23.3 Å². The molecule has 0 rings (SSSR count). The second-order valence-corrected chi connectivity index (χ2v) is 5.74. The molecule has 0 atom stereocenters. The molecule has 0 fully saturated rings. The molecule has 0 radical (unpaired) electrons. The molecule has 18 heavy (non-hydrogen) atoms. The molecule has 0 saturated carbocycles. The Morgan fingerprint density at radius 1 is 1.28 bits per heavy atom. The van der Waals surface area contributed by atoms with E-state index in [0.717, 1.165) is 18.4 Å². The average molecular weight is 254 g/mol. The van der Waals surface area contributed by atoms with Gasteiger partial charge < -0.3 is 9.84 Å². The summed E-state index contributed by atoms with van der Waals surface area (Å²) in [6.45, 7) is 9.99. The summed E-state index contributed by atoms with van der Waals surface area (Å²) in [7, 11) is 0. The predicted molar refractivity (Wildman–Crippen MR) is 74.2 cm³/mol. The van der Waals surface area contributed by atoms with Crippen LogP contribution in [-0.2, 0) is 9.53 Å². The maximum atomic E-state index is 11.5. The second kappa shape index (κ2) is 8.09. The molecule has 0 amide bonds. The Balaban J connectivity index is 4.09. The van der Waals surface area contributed by atoms with Gasteiger partial charge in [0.1, 0.15) is 0 Å². The Hall–Kier alpha value is -1.09. The fraction of sp³-hybridized carbons (Fsp3) is 0.667. The molecule has 104 valence electrons. The summed E-state index contributed by atoms with van der Waals surface area (Å²) in [5.41, 5.74) is 1.92. The summed E-state index contributed by atoms with van der Waals surface area (Å²) in [4.78, 5) is 11.5. The second-order valence-electron chi connectivity index (χ2n) is 5.74. The third-order valence-electron chi connectivity index (χ3n) is 2.49. The molecule has 0 heterocycles. The summed E-state index contributed by atoms with van der Waals surface area (Å²) >= 11 is 0. The van der Waals surface area contributed by atoms with Crippen LogP contribution in [0.1, 0.15) is 47.5 Å². The highest BCUT2D eigenvalue weighted by molar-refractivity contribution is 5.82. The van der Waals surface area contributed by atoms with Gasteiger partial charge in [-0.15, -0.1) is 0 Å². The lowest BCUT2D eigenvalue weighted by Gasteiger charge is -2.20. The molecule has 0 unspecified atom stereocenters. The van der Waals surface area contributed by atoms with E-state index >= 15 is 0 Å². The number of allylic oxidation sites excluding steroid dienone is 3. The average Bonchev–Trinajstić information content (AvgIpc) is 2.26. The van der Waals surface area contributed by atoms with Crippen LogP contribution < -0.4 is 0 Å². The molecule has 0 spiro atoms. The Kier molecular flexibility index (Phi) is 7.60. The summed E-state index contributed by atoms with van der Waals surface area (Å²) in [5, 5.41) is 9.04. The lowest BCUT2D eigenvalue weighted by atomic mass is 9.97. The number of esters is 1. The van der Waals surface area contributed by atoms with Crippen LogP contribution in [-0.4, -0.2) is 24.3 Å². The monoisotopic (exact) mass is 254 g/mol. The molecule has 0 aromatic heterocycles. The van der Waals surface area contributed by atoms with E-state index in [-0.39, 0.29) is 24.6 Å². The number of carbonyl (C=O) groups excluding carboxylic acids is 1. The maximum Gasteiger partial charge on any atom is 0.330 e. The summed E-state index contributed by atoms with van der Waals surface area (Å²) in [6, 6.07) is 0. The van der Waals surface area contributed by atoms with Crippen molar-refractivity contribution in [3.8, 4) is 0 Å². The number of aliphatic hydroxyl groups is 1. The Labute approximate surface area is 111 Å². The molecule has 0 saturated heterocycles. The summed E-state index contributed by atoms with van der Waals surface area (Å²) < 4.78 is 5.11. The zero-order valence-electron chi connectivity index (χ0n) is 12.2. The minimum Gasteiger partial charge on any atom is -0.462 e. The van der Waals surface area contributed by atoms with Crippen LogP contribution in [0, 0.1) is 5.41 Å². The lowest BCUT2D eigenvalue weighted by Crippen LogP contribution is -2.25. The molecular weight excluding hydrogens is 228 g/mol. The van der Waals surface area contributed by atoms with E-state index in [1.807, 2.05) is 20.8 Å². The van der Waals surface area contributed by atoms with Crippen LogP contribution >= 0.6 is 0 Å². The third-order valence-corrected chi connectivity index (χ3v) is 2.49. The van der Waals surface area contributed by atoms with Crippen molar-refractivity contribution in [1.82, 2.24) is 0 Å². The van der Waals surface area contributed by atoms with Gasteiger partial charge in [-0.25, -0.2) is 4.79 Å². The highest BCUT2D eigenvalue weighted by Gasteiger charge is 2.18. The molecular formula is C15H26O3. The van der Waals surface area contributed by atoms with Crippen molar-refractivity contribution in [3.63, 3.8) is 0 Å². The fourth-order valence-electron chi connectivity index (χ4n) is 1.22. The van der Waals surface area contributed by atoms with Gasteiger partial charge in [-0.2, -0.15) is 0 Å². The standard InChI is InChI=1S/C15H26O3/c1-12(2)7-6-8-13(3)9-14(17)18-11-15(4,5)10-16/h7,9,16H,6,8,10-11H2,1-5H3/b13-9+. The molecule has 3 nitrogen and oxygen atoms in total. The van der Waals surface area contributed by atoms with Gasteiger partial charge in [0.05, 0.1) is 13.2 Å². The summed E-state index contributed by atoms with van der Waals surface area (Å²) in [6.07, 6.45) is 5.49. The van der Waals surface area contributed by atoms with Crippen molar-refractivity contribution < 1.29 is 14.6 Å². The third kappa shape index (κ3) is 8.99. The van der Waals surface area contributed by atoms with E-state index in [0.29, 0.717) is 0 Å². The van der Waals surface area contributed by atoms with Gasteiger partial charge >= 0.3 is 5.97 Å². The van der Waals surface area contributed by atoms with Crippen molar-refractivity contribution in [1.29, 1.82) is 0 Å². The molecule has 0 aliphatic heterocycles. The molecule has 3 heteroatoms. The maximum absolute atomic E-state index is 11.5. The minimum absolute atomic E-state index is 0.00352. The van der Waals surface area contributed by atoms with Crippen LogP contribution in [0.5, 0.6) is 0 Å². The first-order chi connectivity index (χ1) is 8.26. The van der Waals surface area contributed by atoms with Gasteiger partial charge in [0, 0.05) is 11.5 Å². The predicted octanol–water partition coefficient (Wildman–Crippen LogP) is 3.24. The normalized spacial score (nSPS) is 12.2. The molecule has 0 aromatic rings. The molecule has 1 N–H and O–H groups in total. The van der Waals surface area contributed by atoms with Crippen LogP contribution in [0.3, 0.4) is 0 Å². The zero-order chi connectivity index (χ0) is 14.2. The van der Waals surface area contributed by atoms with Crippen molar-refractivity contribution in [2.24, 2.45) is 5.41 Å². The van der Waals surface area contributed by atoms with E-state index in [2.05, 4.69) is 19.9 Å².